The first-order valence-electron chi connectivity index (χ1n) is 8.44. The lowest BCUT2D eigenvalue weighted by molar-refractivity contribution is -0.133. The van der Waals surface area contributed by atoms with Crippen LogP contribution in [0, 0.1) is 0 Å². The highest BCUT2D eigenvalue weighted by atomic mass is 35.5. The molecule has 1 aliphatic heterocycles. The van der Waals surface area contributed by atoms with Gasteiger partial charge in [-0.2, -0.15) is 0 Å². The standard InChI is InChI=1S/C19H23ClN2O2/c1-15(17-6-2-3-7-18(17)20)21-10-12-22(13-11-21)19(23)9-8-16-5-4-14-24-16/h2-7,14-15H,8-13H2,1H3. The Morgan fingerprint density at radius 2 is 1.92 bits per heavy atom. The van der Waals surface area contributed by atoms with E-state index in [1.165, 1.54) is 0 Å². The fraction of sp³-hybridized carbons (Fsp3) is 0.421. The molecule has 1 atom stereocenters. The summed E-state index contributed by atoms with van der Waals surface area (Å²) >= 11 is 6.31. The summed E-state index contributed by atoms with van der Waals surface area (Å²) in [6.07, 6.45) is 2.82. The lowest BCUT2D eigenvalue weighted by atomic mass is 10.1. The first kappa shape index (κ1) is 17.1. The molecule has 4 nitrogen and oxygen atoms in total. The molecule has 1 aromatic carbocycles. The summed E-state index contributed by atoms with van der Waals surface area (Å²) in [7, 11) is 0. The van der Waals surface area contributed by atoms with Crippen LogP contribution in [0.4, 0.5) is 0 Å². The molecule has 1 fully saturated rings. The molecule has 0 spiro atoms. The van der Waals surface area contributed by atoms with Gasteiger partial charge < -0.3 is 9.32 Å². The monoisotopic (exact) mass is 346 g/mol. The molecular weight excluding hydrogens is 324 g/mol. The third-order valence-electron chi connectivity index (χ3n) is 4.74. The molecule has 1 amide bonds. The van der Waals surface area contributed by atoms with E-state index in [9.17, 15) is 4.79 Å². The minimum Gasteiger partial charge on any atom is -0.469 e. The van der Waals surface area contributed by atoms with Gasteiger partial charge in [-0.3, -0.25) is 9.69 Å². The van der Waals surface area contributed by atoms with Crippen LogP contribution in [0.2, 0.25) is 5.02 Å². The molecule has 1 saturated heterocycles. The number of hydrogen-bond acceptors (Lipinski definition) is 3. The summed E-state index contributed by atoms with van der Waals surface area (Å²) in [5.41, 5.74) is 1.15. The van der Waals surface area contributed by atoms with E-state index in [2.05, 4.69) is 17.9 Å². The number of furan rings is 1. The zero-order chi connectivity index (χ0) is 16.9. The van der Waals surface area contributed by atoms with Crippen LogP contribution in [0.15, 0.2) is 47.1 Å². The Morgan fingerprint density at radius 1 is 1.17 bits per heavy atom. The van der Waals surface area contributed by atoms with Crippen LogP contribution in [0.5, 0.6) is 0 Å². The second-order valence-electron chi connectivity index (χ2n) is 6.19. The van der Waals surface area contributed by atoms with Gasteiger partial charge in [-0.15, -0.1) is 0 Å². The Balaban J connectivity index is 1.50. The van der Waals surface area contributed by atoms with Crippen molar-refractivity contribution in [1.29, 1.82) is 0 Å². The summed E-state index contributed by atoms with van der Waals surface area (Å²) in [6.45, 7) is 5.46. The molecule has 0 aliphatic carbocycles. The van der Waals surface area contributed by atoms with Crippen molar-refractivity contribution >= 4 is 17.5 Å². The lowest BCUT2D eigenvalue weighted by Crippen LogP contribution is -2.49. The topological polar surface area (TPSA) is 36.7 Å². The maximum atomic E-state index is 12.3. The van der Waals surface area contributed by atoms with E-state index < -0.39 is 0 Å². The van der Waals surface area contributed by atoms with Crippen LogP contribution in [-0.2, 0) is 11.2 Å². The maximum Gasteiger partial charge on any atom is 0.223 e. The highest BCUT2D eigenvalue weighted by molar-refractivity contribution is 6.31. The van der Waals surface area contributed by atoms with Crippen LogP contribution in [0.25, 0.3) is 0 Å². The molecule has 2 heterocycles. The second-order valence-corrected chi connectivity index (χ2v) is 6.60. The normalized spacial score (nSPS) is 17.0. The van der Waals surface area contributed by atoms with Gasteiger partial charge in [0, 0.05) is 50.1 Å². The van der Waals surface area contributed by atoms with Crippen molar-refractivity contribution in [3.8, 4) is 0 Å². The Hall–Kier alpha value is -1.78. The summed E-state index contributed by atoms with van der Waals surface area (Å²) in [4.78, 5) is 16.7. The molecule has 0 bridgehead atoms. The van der Waals surface area contributed by atoms with E-state index in [1.807, 2.05) is 35.2 Å². The molecule has 128 valence electrons. The fourth-order valence-electron chi connectivity index (χ4n) is 3.21. The van der Waals surface area contributed by atoms with E-state index in [-0.39, 0.29) is 11.9 Å². The number of benzene rings is 1. The average Bonchev–Trinajstić information content (AvgIpc) is 3.13. The molecule has 1 unspecified atom stereocenters. The molecule has 1 aromatic heterocycles. The molecule has 0 saturated carbocycles. The third-order valence-corrected chi connectivity index (χ3v) is 5.08. The number of hydrogen-bond donors (Lipinski definition) is 0. The fourth-order valence-corrected chi connectivity index (χ4v) is 3.51. The van der Waals surface area contributed by atoms with Crippen molar-refractivity contribution < 1.29 is 9.21 Å². The van der Waals surface area contributed by atoms with Crippen molar-refractivity contribution in [2.24, 2.45) is 0 Å². The first-order chi connectivity index (χ1) is 11.6. The number of rotatable bonds is 5. The summed E-state index contributed by atoms with van der Waals surface area (Å²) in [5.74, 6) is 1.07. The summed E-state index contributed by atoms with van der Waals surface area (Å²) in [6, 6.07) is 12.0. The minimum absolute atomic E-state index is 0.205. The molecule has 0 radical (unpaired) electrons. The van der Waals surface area contributed by atoms with Crippen LogP contribution < -0.4 is 0 Å². The average molecular weight is 347 g/mol. The lowest BCUT2D eigenvalue weighted by Gasteiger charge is -2.38. The van der Waals surface area contributed by atoms with E-state index in [1.54, 1.807) is 6.26 Å². The van der Waals surface area contributed by atoms with Gasteiger partial charge in [0.25, 0.3) is 0 Å². The van der Waals surface area contributed by atoms with Gasteiger partial charge in [-0.25, -0.2) is 0 Å². The van der Waals surface area contributed by atoms with Crippen LogP contribution in [-0.4, -0.2) is 41.9 Å². The van der Waals surface area contributed by atoms with E-state index >= 15 is 0 Å². The van der Waals surface area contributed by atoms with Gasteiger partial charge in [-0.05, 0) is 30.7 Å². The summed E-state index contributed by atoms with van der Waals surface area (Å²) in [5, 5.41) is 0.807. The summed E-state index contributed by atoms with van der Waals surface area (Å²) < 4.78 is 5.29. The predicted octanol–water partition coefficient (Wildman–Crippen LogP) is 3.77. The largest absolute Gasteiger partial charge is 0.469 e. The maximum absolute atomic E-state index is 12.3. The molecule has 0 N–H and O–H groups in total. The van der Waals surface area contributed by atoms with Crippen molar-refractivity contribution in [3.05, 3.63) is 59.0 Å². The minimum atomic E-state index is 0.205. The smallest absolute Gasteiger partial charge is 0.223 e. The molecule has 24 heavy (non-hydrogen) atoms. The van der Waals surface area contributed by atoms with E-state index in [0.717, 1.165) is 42.5 Å². The Morgan fingerprint density at radius 3 is 2.58 bits per heavy atom. The van der Waals surface area contributed by atoms with Crippen LogP contribution >= 0.6 is 11.6 Å². The number of carbonyl (C=O) groups excluding carboxylic acids is 1. The SMILES string of the molecule is CC(c1ccccc1Cl)N1CCN(C(=O)CCc2ccco2)CC1. The van der Waals surface area contributed by atoms with Gasteiger partial charge in [-0.1, -0.05) is 29.8 Å². The predicted molar refractivity (Wildman–Crippen MR) is 95.0 cm³/mol. The van der Waals surface area contributed by atoms with Crippen molar-refractivity contribution in [2.45, 2.75) is 25.8 Å². The zero-order valence-corrected chi connectivity index (χ0v) is 14.7. The van der Waals surface area contributed by atoms with E-state index in [4.69, 9.17) is 16.0 Å². The zero-order valence-electron chi connectivity index (χ0n) is 14.0. The number of nitrogens with zero attached hydrogens (tertiary/aromatic N) is 2. The molecule has 1 aliphatic rings. The van der Waals surface area contributed by atoms with Gasteiger partial charge in [0.2, 0.25) is 5.91 Å². The molecule has 3 rings (SSSR count). The van der Waals surface area contributed by atoms with Gasteiger partial charge in [0.1, 0.15) is 5.76 Å². The highest BCUT2D eigenvalue weighted by Crippen LogP contribution is 2.27. The van der Waals surface area contributed by atoms with Gasteiger partial charge >= 0.3 is 0 Å². The Kier molecular flexibility index (Phi) is 5.59. The number of amides is 1. The number of piperazine rings is 1. The highest BCUT2D eigenvalue weighted by Gasteiger charge is 2.25. The van der Waals surface area contributed by atoms with Crippen molar-refractivity contribution in [3.63, 3.8) is 0 Å². The Bertz CT molecular complexity index is 664. The van der Waals surface area contributed by atoms with E-state index in [0.29, 0.717) is 12.8 Å². The number of aryl methyl sites for hydroxylation is 1. The van der Waals surface area contributed by atoms with Crippen LogP contribution in [0.3, 0.4) is 0 Å². The first-order valence-corrected chi connectivity index (χ1v) is 8.81. The molecule has 5 heteroatoms. The van der Waals surface area contributed by atoms with Crippen molar-refractivity contribution in [2.75, 3.05) is 26.2 Å². The second kappa shape index (κ2) is 7.86. The quantitative estimate of drug-likeness (QED) is 0.826. The molecular formula is C19H23ClN2O2. The third kappa shape index (κ3) is 4.00. The molecule has 2 aromatic rings. The Labute approximate surface area is 148 Å². The number of carbonyl (C=O) groups is 1. The van der Waals surface area contributed by atoms with Gasteiger partial charge in [0.15, 0.2) is 0 Å². The number of halogens is 1. The van der Waals surface area contributed by atoms with Gasteiger partial charge in [0.05, 0.1) is 6.26 Å². The van der Waals surface area contributed by atoms with Crippen molar-refractivity contribution in [1.82, 2.24) is 9.80 Å². The van der Waals surface area contributed by atoms with Crippen LogP contribution in [0.1, 0.15) is 30.7 Å².